The van der Waals surface area contributed by atoms with Gasteiger partial charge in [-0.1, -0.05) is 34.1 Å². The van der Waals surface area contributed by atoms with Gasteiger partial charge in [-0.2, -0.15) is 4.98 Å². The van der Waals surface area contributed by atoms with Gasteiger partial charge in [0.25, 0.3) is 0 Å². The van der Waals surface area contributed by atoms with Gasteiger partial charge in [-0.3, -0.25) is 5.43 Å². The van der Waals surface area contributed by atoms with E-state index in [1.54, 1.807) is 0 Å². The second kappa shape index (κ2) is 5.74. The first-order valence-electron chi connectivity index (χ1n) is 5.17. The van der Waals surface area contributed by atoms with Crippen molar-refractivity contribution >= 4 is 27.7 Å². The van der Waals surface area contributed by atoms with Crippen LogP contribution in [0, 0.1) is 5.82 Å². The number of halogens is 2. The molecule has 0 atom stereocenters. The van der Waals surface area contributed by atoms with Gasteiger partial charge < -0.3 is 5.32 Å². The summed E-state index contributed by atoms with van der Waals surface area (Å²) in [5.41, 5.74) is 3.26. The minimum absolute atomic E-state index is 0.105. The molecule has 7 heteroatoms. The molecular weight excluding hydrogens is 301 g/mol. The summed E-state index contributed by atoms with van der Waals surface area (Å²) in [6.45, 7) is 0.444. The molecule has 0 amide bonds. The molecule has 0 bridgehead atoms. The van der Waals surface area contributed by atoms with Crippen molar-refractivity contribution in [3.63, 3.8) is 0 Å². The lowest BCUT2D eigenvalue weighted by Crippen LogP contribution is -2.13. The molecule has 0 fully saturated rings. The molecule has 0 saturated heterocycles. The van der Waals surface area contributed by atoms with Gasteiger partial charge in [-0.05, 0) is 11.6 Å². The van der Waals surface area contributed by atoms with E-state index < -0.39 is 5.82 Å². The van der Waals surface area contributed by atoms with Crippen LogP contribution >= 0.6 is 15.9 Å². The van der Waals surface area contributed by atoms with Crippen LogP contribution in [-0.2, 0) is 6.54 Å². The van der Waals surface area contributed by atoms with Crippen molar-refractivity contribution in [2.45, 2.75) is 6.54 Å². The van der Waals surface area contributed by atoms with Crippen LogP contribution in [0.25, 0.3) is 0 Å². The maximum absolute atomic E-state index is 13.4. The lowest BCUT2D eigenvalue weighted by molar-refractivity contribution is 0.617. The Labute approximate surface area is 112 Å². The molecule has 0 spiro atoms. The first kappa shape index (κ1) is 12.7. The first-order chi connectivity index (χ1) is 8.70. The summed E-state index contributed by atoms with van der Waals surface area (Å²) >= 11 is 3.42. The molecule has 1 heterocycles. The van der Waals surface area contributed by atoms with E-state index in [1.807, 2.05) is 24.3 Å². The molecule has 18 heavy (non-hydrogen) atoms. The smallest absolute Gasteiger partial charge is 0.239 e. The van der Waals surface area contributed by atoms with Crippen molar-refractivity contribution in [2.75, 3.05) is 10.7 Å². The van der Waals surface area contributed by atoms with Crippen molar-refractivity contribution in [2.24, 2.45) is 5.84 Å². The molecule has 1 aromatic carbocycles. The number of nitrogens with two attached hydrogens (primary N) is 1. The molecule has 2 aromatic rings. The van der Waals surface area contributed by atoms with Gasteiger partial charge in [-0.15, -0.1) is 0 Å². The Hall–Kier alpha value is -1.73. The highest BCUT2D eigenvalue weighted by molar-refractivity contribution is 9.10. The molecule has 1 aromatic heterocycles. The fourth-order valence-electron chi connectivity index (χ4n) is 1.38. The van der Waals surface area contributed by atoms with Gasteiger partial charge in [0.15, 0.2) is 11.6 Å². The Balaban J connectivity index is 2.13. The zero-order chi connectivity index (χ0) is 13.0. The van der Waals surface area contributed by atoms with Gasteiger partial charge in [-0.25, -0.2) is 15.2 Å². The standard InChI is InChI=1S/C11H11BrFN5/c12-8-4-2-1-3-7(8)5-15-10-9(13)6-16-11(17-10)18-14/h1-4,6H,5,14H2,(H2,15,16,17,18). The minimum atomic E-state index is -0.527. The highest BCUT2D eigenvalue weighted by Crippen LogP contribution is 2.18. The molecule has 0 aliphatic carbocycles. The second-order valence-electron chi connectivity index (χ2n) is 3.48. The Bertz CT molecular complexity index is 549. The number of benzene rings is 1. The summed E-state index contributed by atoms with van der Waals surface area (Å²) in [5, 5.41) is 2.89. The third kappa shape index (κ3) is 2.93. The van der Waals surface area contributed by atoms with Crippen LogP contribution in [0.3, 0.4) is 0 Å². The average molecular weight is 312 g/mol. The molecule has 4 N–H and O–H groups in total. The lowest BCUT2D eigenvalue weighted by Gasteiger charge is -2.09. The maximum Gasteiger partial charge on any atom is 0.239 e. The van der Waals surface area contributed by atoms with E-state index in [0.29, 0.717) is 6.54 Å². The summed E-state index contributed by atoms with van der Waals surface area (Å²) in [7, 11) is 0. The number of hydrogen-bond donors (Lipinski definition) is 3. The molecule has 0 unspecified atom stereocenters. The van der Waals surface area contributed by atoms with Crippen molar-refractivity contribution < 1.29 is 4.39 Å². The van der Waals surface area contributed by atoms with Crippen LogP contribution in [0.4, 0.5) is 16.2 Å². The third-order valence-electron chi connectivity index (χ3n) is 2.28. The maximum atomic E-state index is 13.4. The molecule has 0 aliphatic rings. The Morgan fingerprint density at radius 1 is 1.33 bits per heavy atom. The Morgan fingerprint density at radius 2 is 2.11 bits per heavy atom. The minimum Gasteiger partial charge on any atom is -0.363 e. The van der Waals surface area contributed by atoms with E-state index in [9.17, 15) is 4.39 Å². The topological polar surface area (TPSA) is 75.9 Å². The Kier molecular flexibility index (Phi) is 4.06. The van der Waals surface area contributed by atoms with Gasteiger partial charge in [0.05, 0.1) is 6.20 Å². The predicted molar refractivity (Wildman–Crippen MR) is 71.3 cm³/mol. The van der Waals surface area contributed by atoms with E-state index in [1.165, 1.54) is 0 Å². The zero-order valence-electron chi connectivity index (χ0n) is 9.32. The molecule has 0 radical (unpaired) electrons. The van der Waals surface area contributed by atoms with E-state index in [2.05, 4.69) is 36.6 Å². The van der Waals surface area contributed by atoms with Crippen LogP contribution in [0.5, 0.6) is 0 Å². The number of nitrogen functional groups attached to an aromatic ring is 1. The second-order valence-corrected chi connectivity index (χ2v) is 4.33. The van der Waals surface area contributed by atoms with Gasteiger partial charge in [0, 0.05) is 11.0 Å². The van der Waals surface area contributed by atoms with Gasteiger partial charge in [0.2, 0.25) is 5.95 Å². The quantitative estimate of drug-likeness (QED) is 0.596. The molecule has 5 nitrogen and oxygen atoms in total. The predicted octanol–water partition coefficient (Wildman–Crippen LogP) is 2.28. The Morgan fingerprint density at radius 3 is 2.83 bits per heavy atom. The summed E-state index contributed by atoms with van der Waals surface area (Å²) in [5.74, 6) is 4.90. The largest absolute Gasteiger partial charge is 0.363 e. The lowest BCUT2D eigenvalue weighted by atomic mass is 10.2. The number of anilines is 2. The fourth-order valence-corrected chi connectivity index (χ4v) is 1.81. The van der Waals surface area contributed by atoms with Crippen molar-refractivity contribution in [3.05, 3.63) is 46.3 Å². The monoisotopic (exact) mass is 311 g/mol. The molecule has 0 aliphatic heterocycles. The zero-order valence-corrected chi connectivity index (χ0v) is 10.9. The van der Waals surface area contributed by atoms with Crippen LogP contribution in [0.2, 0.25) is 0 Å². The highest BCUT2D eigenvalue weighted by Gasteiger charge is 2.06. The summed E-state index contributed by atoms with van der Waals surface area (Å²) < 4.78 is 14.4. The summed E-state index contributed by atoms with van der Waals surface area (Å²) in [4.78, 5) is 7.55. The molecular formula is C11H11BrFN5. The van der Waals surface area contributed by atoms with Crippen LogP contribution in [0.15, 0.2) is 34.9 Å². The molecule has 0 saturated carbocycles. The van der Waals surface area contributed by atoms with Crippen LogP contribution in [-0.4, -0.2) is 9.97 Å². The van der Waals surface area contributed by atoms with Crippen LogP contribution < -0.4 is 16.6 Å². The van der Waals surface area contributed by atoms with Crippen molar-refractivity contribution in [3.8, 4) is 0 Å². The SMILES string of the molecule is NNc1ncc(F)c(NCc2ccccc2Br)n1. The normalized spacial score (nSPS) is 10.2. The third-order valence-corrected chi connectivity index (χ3v) is 3.05. The fraction of sp³-hybridized carbons (Fsp3) is 0.0909. The van der Waals surface area contributed by atoms with Crippen molar-refractivity contribution in [1.29, 1.82) is 0 Å². The number of hydrogen-bond acceptors (Lipinski definition) is 5. The summed E-state index contributed by atoms with van der Waals surface area (Å²) in [6.07, 6.45) is 1.06. The van der Waals surface area contributed by atoms with E-state index in [0.717, 1.165) is 16.2 Å². The van der Waals surface area contributed by atoms with E-state index in [4.69, 9.17) is 5.84 Å². The summed E-state index contributed by atoms with van der Waals surface area (Å²) in [6, 6.07) is 7.67. The number of nitrogens with zero attached hydrogens (tertiary/aromatic N) is 2. The van der Waals surface area contributed by atoms with E-state index in [-0.39, 0.29) is 11.8 Å². The molecule has 2 rings (SSSR count). The van der Waals surface area contributed by atoms with Crippen LogP contribution in [0.1, 0.15) is 5.56 Å². The van der Waals surface area contributed by atoms with E-state index >= 15 is 0 Å². The van der Waals surface area contributed by atoms with Gasteiger partial charge >= 0.3 is 0 Å². The average Bonchev–Trinajstić information content (AvgIpc) is 2.39. The highest BCUT2D eigenvalue weighted by atomic mass is 79.9. The molecule has 94 valence electrons. The van der Waals surface area contributed by atoms with Crippen molar-refractivity contribution in [1.82, 2.24) is 9.97 Å². The number of aromatic nitrogens is 2. The number of nitrogens with one attached hydrogen (secondary N) is 2. The first-order valence-corrected chi connectivity index (χ1v) is 5.96. The van der Waals surface area contributed by atoms with Gasteiger partial charge in [0.1, 0.15) is 0 Å². The number of hydrazine groups is 1. The number of rotatable bonds is 4.